The summed E-state index contributed by atoms with van der Waals surface area (Å²) < 4.78 is 34.6. The Morgan fingerprint density at radius 1 is 1.33 bits per heavy atom. The molecule has 3 heterocycles. The van der Waals surface area contributed by atoms with E-state index >= 15 is 0 Å². The summed E-state index contributed by atoms with van der Waals surface area (Å²) in [5.41, 5.74) is 0.391. The summed E-state index contributed by atoms with van der Waals surface area (Å²) in [6.07, 6.45) is 2.06. The largest absolute Gasteiger partial charge is 0.401 e. The second-order valence-corrected chi connectivity index (χ2v) is 7.64. The van der Waals surface area contributed by atoms with Gasteiger partial charge >= 0.3 is 6.01 Å². The first-order valence-corrected chi connectivity index (χ1v) is 9.21. The first-order valence-electron chi connectivity index (χ1n) is 7.36. The van der Waals surface area contributed by atoms with Gasteiger partial charge in [-0.1, -0.05) is 10.3 Å². The van der Waals surface area contributed by atoms with Crippen LogP contribution in [0.5, 0.6) is 0 Å². The Bertz CT molecular complexity index is 835. The molecule has 0 bridgehead atoms. The summed E-state index contributed by atoms with van der Waals surface area (Å²) in [4.78, 5) is 12.2. The van der Waals surface area contributed by atoms with Crippen LogP contribution in [0.25, 0.3) is 11.6 Å². The molecule has 1 aliphatic rings. The summed E-state index contributed by atoms with van der Waals surface area (Å²) in [6.45, 7) is 2.38. The van der Waals surface area contributed by atoms with Crippen molar-refractivity contribution in [2.45, 2.75) is 19.8 Å². The number of sulfonamides is 1. The van der Waals surface area contributed by atoms with E-state index in [1.807, 2.05) is 0 Å². The van der Waals surface area contributed by atoms with Crippen molar-refractivity contribution in [2.75, 3.05) is 24.7 Å². The van der Waals surface area contributed by atoms with Gasteiger partial charge in [0.25, 0.3) is 5.89 Å². The van der Waals surface area contributed by atoms with Crippen LogP contribution in [0.3, 0.4) is 0 Å². The third-order valence-electron chi connectivity index (χ3n) is 3.80. The first-order chi connectivity index (χ1) is 11.3. The minimum absolute atomic E-state index is 0.0267. The van der Waals surface area contributed by atoms with Crippen LogP contribution in [0.15, 0.2) is 15.0 Å². The van der Waals surface area contributed by atoms with Gasteiger partial charge in [-0.15, -0.1) is 5.10 Å². The lowest BCUT2D eigenvalue weighted by Gasteiger charge is -2.28. The number of piperidine rings is 1. The zero-order chi connectivity index (χ0) is 17.3. The molecule has 0 aliphatic carbocycles. The van der Waals surface area contributed by atoms with Crippen molar-refractivity contribution in [3.05, 3.63) is 11.8 Å². The molecule has 0 aromatic carbocycles. The molecule has 24 heavy (non-hydrogen) atoms. The Morgan fingerprint density at radius 2 is 2.04 bits per heavy atom. The van der Waals surface area contributed by atoms with Crippen molar-refractivity contribution >= 4 is 21.9 Å². The summed E-state index contributed by atoms with van der Waals surface area (Å²) in [7, 11) is -3.21. The highest BCUT2D eigenvalue weighted by atomic mass is 32.2. The van der Waals surface area contributed by atoms with E-state index in [-0.39, 0.29) is 23.7 Å². The Kier molecular flexibility index (Phi) is 4.37. The molecule has 10 nitrogen and oxygen atoms in total. The van der Waals surface area contributed by atoms with Gasteiger partial charge in [0.2, 0.25) is 15.9 Å². The SMILES string of the molecule is Cc1cc(-c2nnc(NC(=O)C3CCN(S(C)(=O)=O)CC3)o2)no1. The molecule has 11 heteroatoms. The molecule has 1 N–H and O–H groups in total. The van der Waals surface area contributed by atoms with Gasteiger partial charge in [0.15, 0.2) is 5.69 Å². The van der Waals surface area contributed by atoms with Gasteiger partial charge in [0.1, 0.15) is 5.76 Å². The zero-order valence-electron chi connectivity index (χ0n) is 13.2. The van der Waals surface area contributed by atoms with E-state index in [0.29, 0.717) is 37.4 Å². The van der Waals surface area contributed by atoms with E-state index in [9.17, 15) is 13.2 Å². The number of anilines is 1. The number of nitrogens with one attached hydrogen (secondary N) is 1. The molecule has 1 saturated heterocycles. The fourth-order valence-electron chi connectivity index (χ4n) is 2.50. The van der Waals surface area contributed by atoms with Gasteiger partial charge in [-0.2, -0.15) is 0 Å². The van der Waals surface area contributed by atoms with E-state index in [0.717, 1.165) is 0 Å². The molecule has 130 valence electrons. The average Bonchev–Trinajstić information content (AvgIpc) is 3.15. The molecular formula is C13H17N5O5S. The number of hydrogen-bond donors (Lipinski definition) is 1. The summed E-state index contributed by atoms with van der Waals surface area (Å²) in [5.74, 6) is 0.183. The predicted molar refractivity (Wildman–Crippen MR) is 82.3 cm³/mol. The minimum Gasteiger partial charge on any atom is -0.401 e. The van der Waals surface area contributed by atoms with Gasteiger partial charge in [-0.3, -0.25) is 10.1 Å². The molecule has 1 aliphatic heterocycles. The number of aromatic nitrogens is 3. The van der Waals surface area contributed by atoms with Gasteiger partial charge in [0.05, 0.1) is 6.26 Å². The fraction of sp³-hybridized carbons (Fsp3) is 0.538. The van der Waals surface area contributed by atoms with Crippen LogP contribution in [-0.2, 0) is 14.8 Å². The van der Waals surface area contributed by atoms with E-state index in [2.05, 4.69) is 20.7 Å². The highest BCUT2D eigenvalue weighted by Crippen LogP contribution is 2.22. The van der Waals surface area contributed by atoms with E-state index in [1.165, 1.54) is 10.6 Å². The van der Waals surface area contributed by atoms with Crippen LogP contribution in [0.1, 0.15) is 18.6 Å². The number of carbonyl (C=O) groups is 1. The molecule has 1 fully saturated rings. The summed E-state index contributed by atoms with van der Waals surface area (Å²) in [6, 6.07) is 1.61. The summed E-state index contributed by atoms with van der Waals surface area (Å²) >= 11 is 0. The van der Waals surface area contributed by atoms with Crippen molar-refractivity contribution < 1.29 is 22.2 Å². The molecule has 2 aromatic heterocycles. The van der Waals surface area contributed by atoms with Crippen LogP contribution in [0.4, 0.5) is 6.01 Å². The molecule has 0 atom stereocenters. The van der Waals surface area contributed by atoms with Gasteiger partial charge in [-0.25, -0.2) is 12.7 Å². The van der Waals surface area contributed by atoms with Crippen molar-refractivity contribution in [1.82, 2.24) is 19.7 Å². The van der Waals surface area contributed by atoms with Crippen molar-refractivity contribution in [3.8, 4) is 11.6 Å². The van der Waals surface area contributed by atoms with Gasteiger partial charge < -0.3 is 8.94 Å². The lowest BCUT2D eigenvalue weighted by atomic mass is 9.97. The highest BCUT2D eigenvalue weighted by molar-refractivity contribution is 7.88. The number of aryl methyl sites for hydroxylation is 1. The second kappa shape index (κ2) is 6.32. The average molecular weight is 355 g/mol. The predicted octanol–water partition coefficient (Wildman–Crippen LogP) is 0.643. The van der Waals surface area contributed by atoms with E-state index < -0.39 is 10.0 Å². The van der Waals surface area contributed by atoms with Crippen LogP contribution in [0.2, 0.25) is 0 Å². The fourth-order valence-corrected chi connectivity index (χ4v) is 3.38. The summed E-state index contributed by atoms with van der Waals surface area (Å²) in [5, 5.41) is 13.9. The second-order valence-electron chi connectivity index (χ2n) is 5.66. The first kappa shape index (κ1) is 16.6. The molecule has 0 saturated carbocycles. The molecule has 1 amide bonds. The molecular weight excluding hydrogens is 338 g/mol. The molecule has 0 radical (unpaired) electrons. The number of rotatable bonds is 4. The number of hydrogen-bond acceptors (Lipinski definition) is 8. The Labute approximate surface area is 138 Å². The number of nitrogens with zero attached hydrogens (tertiary/aromatic N) is 4. The van der Waals surface area contributed by atoms with Crippen LogP contribution in [0, 0.1) is 12.8 Å². The normalized spacial score (nSPS) is 17.1. The van der Waals surface area contributed by atoms with Crippen LogP contribution in [-0.4, -0.2) is 53.3 Å². The Morgan fingerprint density at radius 3 is 2.62 bits per heavy atom. The van der Waals surface area contributed by atoms with E-state index in [4.69, 9.17) is 8.94 Å². The lowest BCUT2D eigenvalue weighted by molar-refractivity contribution is -0.121. The van der Waals surface area contributed by atoms with Crippen LogP contribution < -0.4 is 5.32 Å². The highest BCUT2D eigenvalue weighted by Gasteiger charge is 2.29. The Hall–Kier alpha value is -2.27. The maximum absolute atomic E-state index is 12.2. The van der Waals surface area contributed by atoms with E-state index in [1.54, 1.807) is 13.0 Å². The zero-order valence-corrected chi connectivity index (χ0v) is 14.0. The lowest BCUT2D eigenvalue weighted by Crippen LogP contribution is -2.40. The smallest absolute Gasteiger partial charge is 0.322 e. The van der Waals surface area contributed by atoms with Crippen molar-refractivity contribution in [2.24, 2.45) is 5.92 Å². The number of carbonyl (C=O) groups excluding carboxylic acids is 1. The van der Waals surface area contributed by atoms with Gasteiger partial charge in [-0.05, 0) is 19.8 Å². The molecule has 2 aromatic rings. The standard InChI is InChI=1S/C13H17N5O5S/c1-8-7-10(17-23-8)12-15-16-13(22-12)14-11(19)9-3-5-18(6-4-9)24(2,20)21/h7,9H,3-6H2,1-2H3,(H,14,16,19). The molecule has 0 unspecified atom stereocenters. The van der Waals surface area contributed by atoms with Crippen molar-refractivity contribution in [1.29, 1.82) is 0 Å². The maximum atomic E-state index is 12.2. The quantitative estimate of drug-likeness (QED) is 0.845. The minimum atomic E-state index is -3.21. The molecule has 3 rings (SSSR count). The monoisotopic (exact) mass is 355 g/mol. The van der Waals surface area contributed by atoms with Crippen molar-refractivity contribution in [3.63, 3.8) is 0 Å². The maximum Gasteiger partial charge on any atom is 0.322 e. The van der Waals surface area contributed by atoms with Gasteiger partial charge in [0, 0.05) is 25.1 Å². The third kappa shape index (κ3) is 3.62. The molecule has 0 spiro atoms. The number of amides is 1. The van der Waals surface area contributed by atoms with Crippen LogP contribution >= 0.6 is 0 Å². The third-order valence-corrected chi connectivity index (χ3v) is 5.10. The Balaban J connectivity index is 1.59. The topological polar surface area (TPSA) is 131 Å².